The molecule has 0 aromatic heterocycles. The maximum atomic E-state index is 12.7. The molecule has 8 heteroatoms. The highest BCUT2D eigenvalue weighted by Crippen LogP contribution is 2.66. The van der Waals surface area contributed by atoms with Gasteiger partial charge in [-0.15, -0.1) is 0 Å². The largest absolute Gasteiger partial charge is 0.481 e. The van der Waals surface area contributed by atoms with E-state index in [4.69, 9.17) is 9.57 Å². The number of Topliss-reactive ketones (excluding diaryl/α,β-unsaturated/α-hetero) is 1. The van der Waals surface area contributed by atoms with Crippen molar-refractivity contribution in [2.24, 2.45) is 45.6 Å². The van der Waals surface area contributed by atoms with Gasteiger partial charge in [0.15, 0.2) is 6.61 Å². The van der Waals surface area contributed by atoms with Crippen molar-refractivity contribution in [3.63, 3.8) is 0 Å². The summed E-state index contributed by atoms with van der Waals surface area (Å²) in [6.45, 7) is 11.0. The average Bonchev–Trinajstić information content (AvgIpc) is 3.25. The van der Waals surface area contributed by atoms with Crippen LogP contribution in [0.1, 0.15) is 105 Å². The number of carboxylic acids is 1. The molecule has 1 saturated heterocycles. The molecule has 5 aliphatic rings. The first-order valence-corrected chi connectivity index (χ1v) is 15.9. The topological polar surface area (TPSA) is 114 Å². The molecule has 0 radical (unpaired) electrons. The van der Waals surface area contributed by atoms with E-state index in [9.17, 15) is 19.5 Å². The number of amides is 1. The summed E-state index contributed by atoms with van der Waals surface area (Å²) in [4.78, 5) is 42.2. The van der Waals surface area contributed by atoms with Crippen molar-refractivity contribution in [2.75, 3.05) is 13.2 Å². The highest BCUT2D eigenvalue weighted by Gasteiger charge is 2.59. The molecular weight excluding hydrogens is 520 g/mol. The monoisotopic (exact) mass is 570 g/mol. The Balaban J connectivity index is 1.19. The van der Waals surface area contributed by atoms with Crippen LogP contribution in [0.4, 0.5) is 0 Å². The molecule has 8 nitrogen and oxygen atoms in total. The minimum Gasteiger partial charge on any atom is -0.481 e. The number of carbonyl (C=O) groups is 3. The number of allylic oxidation sites excluding steroid dienone is 2. The molecule has 41 heavy (non-hydrogen) atoms. The molecule has 0 aromatic rings. The van der Waals surface area contributed by atoms with Crippen LogP contribution in [0.2, 0.25) is 0 Å². The number of hydrogen-bond acceptors (Lipinski definition) is 6. The van der Waals surface area contributed by atoms with Crippen molar-refractivity contribution < 1.29 is 29.1 Å². The quantitative estimate of drug-likeness (QED) is 0.362. The Labute approximate surface area is 245 Å². The van der Waals surface area contributed by atoms with E-state index in [0.29, 0.717) is 36.6 Å². The van der Waals surface area contributed by atoms with Gasteiger partial charge in [-0.3, -0.25) is 14.4 Å². The van der Waals surface area contributed by atoms with Crippen LogP contribution < -0.4 is 5.32 Å². The summed E-state index contributed by atoms with van der Waals surface area (Å²) in [5, 5.41) is 16.7. The summed E-state index contributed by atoms with van der Waals surface area (Å²) in [6, 6.07) is -0.463. The van der Waals surface area contributed by atoms with Crippen LogP contribution in [-0.2, 0) is 24.0 Å². The first-order valence-electron chi connectivity index (χ1n) is 15.9. The molecule has 8 atom stereocenters. The fourth-order valence-corrected chi connectivity index (χ4v) is 9.88. The lowest BCUT2D eigenvalue weighted by atomic mass is 9.46. The fourth-order valence-electron chi connectivity index (χ4n) is 9.88. The van der Waals surface area contributed by atoms with E-state index in [1.54, 1.807) is 6.92 Å². The first kappa shape index (κ1) is 30.2. The molecule has 4 fully saturated rings. The Hall–Kier alpha value is -2.22. The molecule has 0 spiro atoms. The molecule has 1 aliphatic heterocycles. The number of fused-ring (bicyclic) bond motifs is 5. The van der Waals surface area contributed by atoms with Gasteiger partial charge < -0.3 is 20.0 Å². The lowest BCUT2D eigenvalue weighted by Crippen LogP contribution is -2.51. The number of oxime groups is 1. The Kier molecular flexibility index (Phi) is 8.45. The summed E-state index contributed by atoms with van der Waals surface area (Å²) < 4.78 is 5.78. The molecule has 2 N–H and O–H groups in total. The normalized spacial score (nSPS) is 39.5. The van der Waals surface area contributed by atoms with Crippen LogP contribution in [0.25, 0.3) is 0 Å². The maximum absolute atomic E-state index is 12.7. The van der Waals surface area contributed by atoms with E-state index in [1.165, 1.54) is 24.8 Å². The van der Waals surface area contributed by atoms with Gasteiger partial charge in [0.2, 0.25) is 0 Å². The molecule has 4 aliphatic carbocycles. The predicted octanol–water partition coefficient (Wildman–Crippen LogP) is 5.69. The minimum atomic E-state index is -0.929. The highest BCUT2D eigenvalue weighted by atomic mass is 16.6. The van der Waals surface area contributed by atoms with Crippen LogP contribution in [0.15, 0.2) is 16.8 Å². The van der Waals surface area contributed by atoms with Gasteiger partial charge in [0.1, 0.15) is 5.78 Å². The van der Waals surface area contributed by atoms with Crippen molar-refractivity contribution in [2.45, 2.75) is 117 Å². The number of rotatable bonds is 8. The highest BCUT2D eigenvalue weighted by molar-refractivity contribution is 5.96. The van der Waals surface area contributed by atoms with E-state index < -0.39 is 12.0 Å². The van der Waals surface area contributed by atoms with Crippen molar-refractivity contribution in [3.05, 3.63) is 11.6 Å². The van der Waals surface area contributed by atoms with E-state index in [1.807, 2.05) is 13.8 Å². The third-order valence-corrected chi connectivity index (χ3v) is 11.9. The third kappa shape index (κ3) is 6.00. The van der Waals surface area contributed by atoms with Crippen LogP contribution in [0, 0.1) is 40.4 Å². The minimum absolute atomic E-state index is 0.0382. The lowest BCUT2D eigenvalue weighted by Gasteiger charge is -2.58. The molecular formula is C33H50N2O6. The molecule has 0 unspecified atom stereocenters. The Morgan fingerprint density at radius 1 is 1.07 bits per heavy atom. The van der Waals surface area contributed by atoms with Crippen LogP contribution in [0.3, 0.4) is 0 Å². The molecule has 3 saturated carbocycles. The summed E-state index contributed by atoms with van der Waals surface area (Å²) in [5.41, 5.74) is 2.35. The molecule has 0 bridgehead atoms. The number of aliphatic carboxylic acids is 1. The summed E-state index contributed by atoms with van der Waals surface area (Å²) in [6.07, 6.45) is 12.2. The number of ketones is 1. The fraction of sp³-hybridized carbons (Fsp3) is 0.818. The van der Waals surface area contributed by atoms with Crippen molar-refractivity contribution in [1.29, 1.82) is 0 Å². The average molecular weight is 571 g/mol. The molecule has 1 amide bonds. The number of nitrogens with one attached hydrogen (secondary N) is 1. The zero-order valence-corrected chi connectivity index (χ0v) is 25.7. The van der Waals surface area contributed by atoms with Crippen molar-refractivity contribution >= 4 is 23.4 Å². The van der Waals surface area contributed by atoms with Gasteiger partial charge >= 0.3 is 5.97 Å². The van der Waals surface area contributed by atoms with Gasteiger partial charge in [-0.05, 0) is 126 Å². The Bertz CT molecular complexity index is 1110. The van der Waals surface area contributed by atoms with E-state index in [0.717, 1.165) is 44.2 Å². The SMILES string of the molecule is CC(=O)[C@H]1CC[C@H]2[C@@H]3CCC4=C/C(=N/OCC(=O)N[C@@H](CC(=O)O)[C@@H]5CCOC(C)(C)C5)CC[C@]4(C)[C@H]3CC[C@]12C. The van der Waals surface area contributed by atoms with Gasteiger partial charge in [-0.25, -0.2) is 0 Å². The maximum Gasteiger partial charge on any atom is 0.305 e. The Morgan fingerprint density at radius 2 is 1.85 bits per heavy atom. The third-order valence-electron chi connectivity index (χ3n) is 11.9. The van der Waals surface area contributed by atoms with Gasteiger partial charge in [0, 0.05) is 18.6 Å². The number of carbonyl (C=O) groups excluding carboxylic acids is 2. The molecule has 228 valence electrons. The number of hydrogen-bond donors (Lipinski definition) is 2. The predicted molar refractivity (Wildman–Crippen MR) is 156 cm³/mol. The van der Waals surface area contributed by atoms with E-state index in [2.05, 4.69) is 30.4 Å². The van der Waals surface area contributed by atoms with Crippen molar-refractivity contribution in [3.8, 4) is 0 Å². The summed E-state index contributed by atoms with van der Waals surface area (Å²) in [5.74, 6) is 1.39. The summed E-state index contributed by atoms with van der Waals surface area (Å²) in [7, 11) is 0. The molecule has 0 aromatic carbocycles. The number of ether oxygens (including phenoxy) is 1. The van der Waals surface area contributed by atoms with Crippen LogP contribution in [-0.4, -0.2) is 53.3 Å². The van der Waals surface area contributed by atoms with Gasteiger partial charge in [-0.2, -0.15) is 0 Å². The van der Waals surface area contributed by atoms with E-state index in [-0.39, 0.29) is 47.2 Å². The standard InChI is InChI=1S/C33H50N2O6/c1-20(36)25-8-9-26-24-7-6-22-16-23(10-13-32(22,4)27(24)11-14-33(25,26)5)35-41-19-29(37)34-28(17-30(38)39)21-12-15-40-31(2,3)18-21/h16,21,24-28H,6-15,17-19H2,1-5H3,(H,34,37)(H,38,39)/b35-23+/t21-,24+,25-,26+,27+,28+,32+,33-/m1/s1. The summed E-state index contributed by atoms with van der Waals surface area (Å²) >= 11 is 0. The van der Waals surface area contributed by atoms with Crippen molar-refractivity contribution in [1.82, 2.24) is 5.32 Å². The van der Waals surface area contributed by atoms with E-state index >= 15 is 0 Å². The van der Waals surface area contributed by atoms with Crippen LogP contribution >= 0.6 is 0 Å². The van der Waals surface area contributed by atoms with Gasteiger partial charge in [0.05, 0.1) is 17.7 Å². The number of nitrogens with zero attached hydrogens (tertiary/aromatic N) is 1. The Morgan fingerprint density at radius 3 is 2.56 bits per heavy atom. The lowest BCUT2D eigenvalue weighted by molar-refractivity contribution is -0.140. The number of carboxylic acid groups (broad SMARTS) is 1. The second kappa shape index (κ2) is 11.5. The van der Waals surface area contributed by atoms with Crippen LogP contribution in [0.5, 0.6) is 0 Å². The second-order valence-corrected chi connectivity index (χ2v) is 14.8. The zero-order valence-electron chi connectivity index (χ0n) is 25.7. The van der Waals surface area contributed by atoms with Gasteiger partial charge in [-0.1, -0.05) is 24.6 Å². The zero-order chi connectivity index (χ0) is 29.6. The molecule has 5 rings (SSSR count). The second-order valence-electron chi connectivity index (χ2n) is 14.8. The molecule has 1 heterocycles. The first-order chi connectivity index (χ1) is 19.3. The smallest absolute Gasteiger partial charge is 0.305 e. The van der Waals surface area contributed by atoms with Gasteiger partial charge in [0.25, 0.3) is 5.91 Å².